The van der Waals surface area contributed by atoms with Gasteiger partial charge in [0.1, 0.15) is 13.2 Å². The average Bonchev–Trinajstić information content (AvgIpc) is 3.09. The Morgan fingerprint density at radius 2 is 2.12 bits per heavy atom. The summed E-state index contributed by atoms with van der Waals surface area (Å²) in [6.07, 6.45) is 3.79. The zero-order valence-electron chi connectivity index (χ0n) is 13.5. The fourth-order valence-electron chi connectivity index (χ4n) is 2.86. The zero-order valence-corrected chi connectivity index (χ0v) is 13.5. The van der Waals surface area contributed by atoms with Crippen LogP contribution in [0.15, 0.2) is 18.2 Å². The van der Waals surface area contributed by atoms with Gasteiger partial charge in [-0.05, 0) is 30.2 Å². The van der Waals surface area contributed by atoms with Crippen LogP contribution in [0.3, 0.4) is 0 Å². The van der Waals surface area contributed by atoms with Crippen molar-refractivity contribution < 1.29 is 23.8 Å². The summed E-state index contributed by atoms with van der Waals surface area (Å²) >= 11 is 0. The minimum absolute atomic E-state index is 0.146. The molecule has 0 unspecified atom stereocenters. The Kier molecular flexibility index (Phi) is 4.59. The van der Waals surface area contributed by atoms with Crippen LogP contribution < -0.4 is 19.9 Å². The molecule has 7 heteroatoms. The van der Waals surface area contributed by atoms with Crippen LogP contribution >= 0.6 is 0 Å². The van der Waals surface area contributed by atoms with Gasteiger partial charge in [-0.2, -0.15) is 0 Å². The van der Waals surface area contributed by atoms with Gasteiger partial charge >= 0.3 is 0 Å². The second-order valence-corrected chi connectivity index (χ2v) is 5.75. The van der Waals surface area contributed by atoms with Crippen LogP contribution in [0.5, 0.6) is 17.2 Å². The maximum atomic E-state index is 12.2. The summed E-state index contributed by atoms with van der Waals surface area (Å²) in [5.41, 5.74) is 6.06. The maximum absolute atomic E-state index is 12.2. The van der Waals surface area contributed by atoms with Crippen molar-refractivity contribution in [1.29, 1.82) is 0 Å². The van der Waals surface area contributed by atoms with E-state index < -0.39 is 0 Å². The first kappa shape index (κ1) is 16.2. The lowest BCUT2D eigenvalue weighted by Gasteiger charge is -2.21. The Bertz CT molecular complexity index is 669. The molecule has 7 nitrogen and oxygen atoms in total. The Balaban J connectivity index is 1.72. The van der Waals surface area contributed by atoms with Gasteiger partial charge in [0.25, 0.3) is 0 Å². The van der Waals surface area contributed by atoms with Gasteiger partial charge in [-0.15, -0.1) is 0 Å². The van der Waals surface area contributed by atoms with E-state index in [1.54, 1.807) is 30.2 Å². The summed E-state index contributed by atoms with van der Waals surface area (Å²) in [7, 11) is 1.56. The average molecular weight is 332 g/mol. The molecule has 24 heavy (non-hydrogen) atoms. The van der Waals surface area contributed by atoms with Gasteiger partial charge in [-0.3, -0.25) is 9.59 Å². The first-order valence-electron chi connectivity index (χ1n) is 7.82. The Morgan fingerprint density at radius 1 is 1.33 bits per heavy atom. The predicted octanol–water partition coefficient (Wildman–Crippen LogP) is 0.813. The van der Waals surface area contributed by atoms with Gasteiger partial charge in [0.2, 0.25) is 17.6 Å². The van der Waals surface area contributed by atoms with E-state index in [0.29, 0.717) is 50.0 Å². The number of likely N-dealkylation sites (tertiary alicyclic amines) is 1. The molecule has 2 aliphatic heterocycles. The summed E-state index contributed by atoms with van der Waals surface area (Å²) in [4.78, 5) is 25.0. The van der Waals surface area contributed by atoms with Gasteiger partial charge in [0, 0.05) is 19.2 Å². The number of benzene rings is 1. The summed E-state index contributed by atoms with van der Waals surface area (Å²) in [5, 5.41) is 0. The summed E-state index contributed by atoms with van der Waals surface area (Å²) in [5.74, 6) is 0.989. The van der Waals surface area contributed by atoms with E-state index in [-0.39, 0.29) is 17.7 Å². The van der Waals surface area contributed by atoms with E-state index in [4.69, 9.17) is 19.9 Å². The number of amides is 2. The molecule has 2 N–H and O–H groups in total. The van der Waals surface area contributed by atoms with Crippen molar-refractivity contribution in [2.75, 3.05) is 33.4 Å². The normalized spacial score (nSPS) is 19.5. The second-order valence-electron chi connectivity index (χ2n) is 5.75. The number of carbonyl (C=O) groups is 2. The van der Waals surface area contributed by atoms with Gasteiger partial charge in [-0.1, -0.05) is 0 Å². The highest BCUT2D eigenvalue weighted by atomic mass is 16.6. The van der Waals surface area contributed by atoms with E-state index in [1.807, 2.05) is 0 Å². The van der Waals surface area contributed by atoms with Crippen molar-refractivity contribution in [2.45, 2.75) is 6.42 Å². The molecular weight excluding hydrogens is 312 g/mol. The van der Waals surface area contributed by atoms with Crippen molar-refractivity contribution in [3.63, 3.8) is 0 Å². The Labute approximate surface area is 140 Å². The molecule has 1 atom stereocenters. The van der Waals surface area contributed by atoms with E-state index in [1.165, 1.54) is 6.08 Å². The molecule has 3 rings (SSSR count). The van der Waals surface area contributed by atoms with Gasteiger partial charge < -0.3 is 24.8 Å². The van der Waals surface area contributed by atoms with Crippen LogP contribution in [0.2, 0.25) is 0 Å². The third-order valence-corrected chi connectivity index (χ3v) is 4.17. The minimum atomic E-state index is -0.356. The number of primary amides is 1. The number of ether oxygens (including phenoxy) is 3. The van der Waals surface area contributed by atoms with E-state index in [0.717, 1.165) is 5.56 Å². The first-order valence-corrected chi connectivity index (χ1v) is 7.82. The van der Waals surface area contributed by atoms with E-state index >= 15 is 0 Å². The summed E-state index contributed by atoms with van der Waals surface area (Å²) < 4.78 is 16.4. The van der Waals surface area contributed by atoms with Crippen LogP contribution in [-0.2, 0) is 9.59 Å². The van der Waals surface area contributed by atoms with Gasteiger partial charge in [0.15, 0.2) is 11.5 Å². The number of nitrogens with two attached hydrogens (primary N) is 1. The highest BCUT2D eigenvalue weighted by Crippen LogP contribution is 2.40. The molecule has 2 aliphatic rings. The van der Waals surface area contributed by atoms with Crippen molar-refractivity contribution in [1.82, 2.24) is 4.90 Å². The molecule has 0 spiro atoms. The quantitative estimate of drug-likeness (QED) is 0.824. The Morgan fingerprint density at radius 3 is 2.83 bits per heavy atom. The van der Waals surface area contributed by atoms with Crippen LogP contribution in [0.25, 0.3) is 6.08 Å². The molecule has 128 valence electrons. The molecular formula is C17H20N2O5. The number of fused-ring (bicyclic) bond motifs is 1. The first-order chi connectivity index (χ1) is 11.6. The molecule has 1 aromatic rings. The lowest BCUT2D eigenvalue weighted by molar-refractivity contribution is -0.125. The highest BCUT2D eigenvalue weighted by Gasteiger charge is 2.28. The fraction of sp³-hybridized carbons (Fsp3) is 0.412. The summed E-state index contributed by atoms with van der Waals surface area (Å²) in [6.45, 7) is 1.88. The summed E-state index contributed by atoms with van der Waals surface area (Å²) in [6, 6.07) is 3.59. The number of nitrogens with zero attached hydrogens (tertiary/aromatic N) is 1. The van der Waals surface area contributed by atoms with Crippen LogP contribution in [0, 0.1) is 5.92 Å². The third kappa shape index (κ3) is 3.29. The monoisotopic (exact) mass is 332 g/mol. The number of hydrogen-bond donors (Lipinski definition) is 1. The maximum Gasteiger partial charge on any atom is 0.246 e. The van der Waals surface area contributed by atoms with Crippen molar-refractivity contribution in [3.05, 3.63) is 23.8 Å². The number of hydrogen-bond acceptors (Lipinski definition) is 5. The lowest BCUT2D eigenvalue weighted by atomic mass is 10.1. The third-order valence-electron chi connectivity index (χ3n) is 4.17. The SMILES string of the molecule is COc1cc(/C=C/C(=O)N2CC[C@@H](C(N)=O)C2)cc2c1OCCO2. The van der Waals surface area contributed by atoms with Gasteiger partial charge in [-0.25, -0.2) is 0 Å². The topological polar surface area (TPSA) is 91.1 Å². The van der Waals surface area contributed by atoms with Crippen LogP contribution in [0.4, 0.5) is 0 Å². The standard InChI is InChI=1S/C17H20N2O5/c1-22-13-8-11(9-14-16(13)24-7-6-23-14)2-3-15(20)19-5-4-12(10-19)17(18)21/h2-3,8-9,12H,4-7,10H2,1H3,(H2,18,21)/b3-2+/t12-/m1/s1. The second kappa shape index (κ2) is 6.82. The molecule has 1 aromatic carbocycles. The Hall–Kier alpha value is -2.70. The van der Waals surface area contributed by atoms with E-state index in [9.17, 15) is 9.59 Å². The molecule has 1 saturated heterocycles. The van der Waals surface area contributed by atoms with Crippen LogP contribution in [-0.4, -0.2) is 50.1 Å². The van der Waals surface area contributed by atoms with Crippen molar-refractivity contribution in [3.8, 4) is 17.2 Å². The molecule has 0 radical (unpaired) electrons. The number of carbonyl (C=O) groups excluding carboxylic acids is 2. The minimum Gasteiger partial charge on any atom is -0.493 e. The molecule has 0 bridgehead atoms. The molecule has 0 saturated carbocycles. The lowest BCUT2D eigenvalue weighted by Crippen LogP contribution is -2.30. The predicted molar refractivity (Wildman–Crippen MR) is 86.9 cm³/mol. The van der Waals surface area contributed by atoms with Crippen molar-refractivity contribution in [2.24, 2.45) is 11.7 Å². The molecule has 0 aromatic heterocycles. The van der Waals surface area contributed by atoms with Gasteiger partial charge in [0.05, 0.1) is 13.0 Å². The molecule has 0 aliphatic carbocycles. The highest BCUT2D eigenvalue weighted by molar-refractivity contribution is 5.92. The molecule has 2 amide bonds. The number of rotatable bonds is 4. The molecule has 1 fully saturated rings. The van der Waals surface area contributed by atoms with E-state index in [2.05, 4.69) is 0 Å². The van der Waals surface area contributed by atoms with Crippen LogP contribution in [0.1, 0.15) is 12.0 Å². The number of methoxy groups -OCH3 is 1. The largest absolute Gasteiger partial charge is 0.493 e. The van der Waals surface area contributed by atoms with Crippen molar-refractivity contribution >= 4 is 17.9 Å². The smallest absolute Gasteiger partial charge is 0.246 e. The molecule has 2 heterocycles. The fourth-order valence-corrected chi connectivity index (χ4v) is 2.86. The zero-order chi connectivity index (χ0) is 17.1.